The summed E-state index contributed by atoms with van der Waals surface area (Å²) in [5, 5.41) is 0. The summed E-state index contributed by atoms with van der Waals surface area (Å²) in [5.41, 5.74) is 0. The van der Waals surface area contributed by atoms with Crippen LogP contribution in [0.5, 0.6) is 0 Å². The van der Waals surface area contributed by atoms with Gasteiger partial charge in [0, 0.05) is 6.07 Å². The van der Waals surface area contributed by atoms with E-state index < -0.39 is 0 Å². The van der Waals surface area contributed by atoms with Gasteiger partial charge in [-0.1, -0.05) is 0 Å². The first-order valence-corrected chi connectivity index (χ1v) is 3.06. The summed E-state index contributed by atoms with van der Waals surface area (Å²) in [6.07, 6.45) is 3.77. The SMILES string of the molecule is [CH2][n+]1cccc(Br)c1. The molecule has 0 spiro atoms. The maximum atomic E-state index is 3.67. The minimum absolute atomic E-state index is 1.05. The molecule has 0 saturated heterocycles. The van der Waals surface area contributed by atoms with Gasteiger partial charge in [0.2, 0.25) is 7.05 Å². The van der Waals surface area contributed by atoms with Gasteiger partial charge >= 0.3 is 0 Å². The third kappa shape index (κ3) is 1.30. The molecular formula is C6H6BrN+. The molecular weight excluding hydrogens is 166 g/mol. The van der Waals surface area contributed by atoms with E-state index >= 15 is 0 Å². The maximum Gasteiger partial charge on any atom is 0.206 e. The van der Waals surface area contributed by atoms with Crippen molar-refractivity contribution in [1.82, 2.24) is 0 Å². The molecule has 0 fully saturated rings. The summed E-state index contributed by atoms with van der Waals surface area (Å²) < 4.78 is 2.79. The average molecular weight is 172 g/mol. The normalized spacial score (nSPS) is 9.25. The fraction of sp³-hybridized carbons (Fsp3) is 0. The van der Waals surface area contributed by atoms with Crippen LogP contribution < -0.4 is 4.57 Å². The summed E-state index contributed by atoms with van der Waals surface area (Å²) in [7, 11) is 3.67. The fourth-order valence-corrected chi connectivity index (χ4v) is 0.906. The molecule has 0 bridgehead atoms. The van der Waals surface area contributed by atoms with Crippen molar-refractivity contribution in [3.8, 4) is 0 Å². The molecule has 1 aromatic heterocycles. The van der Waals surface area contributed by atoms with E-state index in [0.29, 0.717) is 0 Å². The Bertz CT molecular complexity index is 168. The van der Waals surface area contributed by atoms with E-state index in [9.17, 15) is 0 Å². The van der Waals surface area contributed by atoms with Gasteiger partial charge in [-0.15, -0.1) is 0 Å². The molecule has 0 saturated carbocycles. The second-order valence-electron chi connectivity index (χ2n) is 1.54. The lowest BCUT2D eigenvalue weighted by molar-refractivity contribution is -0.613. The molecule has 1 heterocycles. The van der Waals surface area contributed by atoms with E-state index in [1.807, 2.05) is 24.5 Å². The monoisotopic (exact) mass is 171 g/mol. The van der Waals surface area contributed by atoms with Crippen molar-refractivity contribution in [1.29, 1.82) is 0 Å². The summed E-state index contributed by atoms with van der Waals surface area (Å²) in [4.78, 5) is 0. The Morgan fingerprint density at radius 1 is 1.62 bits per heavy atom. The smallest absolute Gasteiger partial charge is 0.197 e. The number of hydrogen-bond acceptors (Lipinski definition) is 0. The van der Waals surface area contributed by atoms with E-state index in [1.165, 1.54) is 0 Å². The first kappa shape index (κ1) is 5.76. The van der Waals surface area contributed by atoms with Gasteiger partial charge in [-0.3, -0.25) is 0 Å². The molecule has 2 heteroatoms. The van der Waals surface area contributed by atoms with Gasteiger partial charge in [0.05, 0.1) is 4.47 Å². The lowest BCUT2D eigenvalue weighted by Gasteiger charge is -1.83. The van der Waals surface area contributed by atoms with Gasteiger partial charge in [-0.25, -0.2) is 0 Å². The average Bonchev–Trinajstić information content (AvgIpc) is 1.64. The second kappa shape index (κ2) is 2.27. The number of halogens is 1. The highest BCUT2D eigenvalue weighted by molar-refractivity contribution is 9.10. The van der Waals surface area contributed by atoms with Gasteiger partial charge in [0.25, 0.3) is 0 Å². The molecule has 0 aliphatic carbocycles. The van der Waals surface area contributed by atoms with Crippen molar-refractivity contribution in [2.75, 3.05) is 0 Å². The molecule has 0 N–H and O–H groups in total. The van der Waals surface area contributed by atoms with Gasteiger partial charge < -0.3 is 0 Å². The third-order valence-electron chi connectivity index (χ3n) is 0.822. The third-order valence-corrected chi connectivity index (χ3v) is 1.29. The quantitative estimate of drug-likeness (QED) is 0.520. The topological polar surface area (TPSA) is 3.88 Å². The van der Waals surface area contributed by atoms with Crippen LogP contribution in [0.4, 0.5) is 0 Å². The van der Waals surface area contributed by atoms with E-state index in [1.54, 1.807) is 4.57 Å². The van der Waals surface area contributed by atoms with Crippen molar-refractivity contribution >= 4 is 15.9 Å². The van der Waals surface area contributed by atoms with Crippen LogP contribution in [0.1, 0.15) is 0 Å². The zero-order chi connectivity index (χ0) is 5.98. The molecule has 0 atom stereocenters. The minimum atomic E-state index is 1.05. The predicted octanol–water partition coefficient (Wildman–Crippen LogP) is 1.38. The van der Waals surface area contributed by atoms with E-state index in [-0.39, 0.29) is 0 Å². The molecule has 1 rings (SSSR count). The molecule has 0 unspecified atom stereocenters. The van der Waals surface area contributed by atoms with E-state index in [2.05, 4.69) is 23.0 Å². The summed E-state index contributed by atoms with van der Waals surface area (Å²) in [5.74, 6) is 0. The highest BCUT2D eigenvalue weighted by Gasteiger charge is 1.89. The fourth-order valence-electron chi connectivity index (χ4n) is 0.490. The molecule has 0 aliphatic heterocycles. The Morgan fingerprint density at radius 3 is 2.75 bits per heavy atom. The highest BCUT2D eigenvalue weighted by Crippen LogP contribution is 2.02. The minimum Gasteiger partial charge on any atom is -0.197 e. The van der Waals surface area contributed by atoms with E-state index in [4.69, 9.17) is 0 Å². The number of nitrogens with zero attached hydrogens (tertiary/aromatic N) is 1. The molecule has 0 aliphatic rings. The Morgan fingerprint density at radius 2 is 2.38 bits per heavy atom. The Kier molecular flexibility index (Phi) is 1.63. The summed E-state index contributed by atoms with van der Waals surface area (Å²) in [6, 6.07) is 3.89. The second-order valence-corrected chi connectivity index (χ2v) is 2.45. The molecule has 1 aromatic rings. The molecule has 0 aromatic carbocycles. The van der Waals surface area contributed by atoms with Crippen molar-refractivity contribution in [3.05, 3.63) is 36.0 Å². The van der Waals surface area contributed by atoms with Crippen LogP contribution in [0.25, 0.3) is 0 Å². The molecule has 0 amide bonds. The van der Waals surface area contributed by atoms with Crippen LogP contribution in [0.15, 0.2) is 29.0 Å². The largest absolute Gasteiger partial charge is 0.206 e. The molecule has 1 radical (unpaired) electrons. The highest BCUT2D eigenvalue weighted by atomic mass is 79.9. The van der Waals surface area contributed by atoms with Crippen molar-refractivity contribution in [3.63, 3.8) is 0 Å². The predicted molar refractivity (Wildman–Crippen MR) is 35.1 cm³/mol. The number of hydrogen-bond donors (Lipinski definition) is 0. The van der Waals surface area contributed by atoms with E-state index in [0.717, 1.165) is 4.47 Å². The molecule has 41 valence electrons. The standard InChI is InChI=1S/C6H6BrN/c1-8-4-2-3-6(7)5-8/h2-5H,1H2/q+1. The Balaban J connectivity index is 3.08. The molecule has 1 nitrogen and oxygen atoms in total. The lowest BCUT2D eigenvalue weighted by atomic mass is 10.5. The number of pyridine rings is 1. The van der Waals surface area contributed by atoms with Crippen LogP contribution in [-0.2, 0) is 0 Å². The number of aromatic nitrogens is 1. The lowest BCUT2D eigenvalue weighted by Crippen LogP contribution is -2.22. The van der Waals surface area contributed by atoms with Gasteiger partial charge in [0.1, 0.15) is 0 Å². The Hall–Kier alpha value is -0.370. The Labute approximate surface area is 57.1 Å². The summed E-state index contributed by atoms with van der Waals surface area (Å²) in [6.45, 7) is 0. The zero-order valence-corrected chi connectivity index (χ0v) is 5.93. The van der Waals surface area contributed by atoms with Gasteiger partial charge in [-0.05, 0) is 22.0 Å². The number of rotatable bonds is 0. The maximum absolute atomic E-state index is 3.67. The first-order valence-electron chi connectivity index (χ1n) is 2.27. The van der Waals surface area contributed by atoms with Gasteiger partial charge in [-0.2, -0.15) is 4.57 Å². The zero-order valence-electron chi connectivity index (χ0n) is 4.34. The van der Waals surface area contributed by atoms with Crippen LogP contribution in [0.2, 0.25) is 0 Å². The first-order chi connectivity index (χ1) is 3.79. The van der Waals surface area contributed by atoms with Crippen LogP contribution in [0, 0.1) is 7.05 Å². The van der Waals surface area contributed by atoms with Crippen LogP contribution in [-0.4, -0.2) is 0 Å². The van der Waals surface area contributed by atoms with Crippen LogP contribution in [0.3, 0.4) is 0 Å². The van der Waals surface area contributed by atoms with Crippen LogP contribution >= 0.6 is 15.9 Å². The van der Waals surface area contributed by atoms with Gasteiger partial charge in [0.15, 0.2) is 12.4 Å². The van der Waals surface area contributed by atoms with Crippen molar-refractivity contribution in [2.24, 2.45) is 0 Å². The van der Waals surface area contributed by atoms with Crippen molar-refractivity contribution in [2.45, 2.75) is 0 Å². The van der Waals surface area contributed by atoms with Crippen molar-refractivity contribution < 1.29 is 4.57 Å². The molecule has 8 heavy (non-hydrogen) atoms. The summed E-state index contributed by atoms with van der Waals surface area (Å²) >= 11 is 3.30.